The fourth-order valence-corrected chi connectivity index (χ4v) is 2.16. The van der Waals surface area contributed by atoms with Gasteiger partial charge in [-0.25, -0.2) is 0 Å². The Kier molecular flexibility index (Phi) is 11.0. The Morgan fingerprint density at radius 3 is 2.21 bits per heavy atom. The highest BCUT2D eigenvalue weighted by Crippen LogP contribution is 2.27. The maximum atomic E-state index is 5.03. The number of hydrogen-bond donors (Lipinski definition) is 0. The molecule has 0 heterocycles. The minimum Gasteiger partial charge on any atom is -0.385 e. The van der Waals surface area contributed by atoms with E-state index >= 15 is 0 Å². The van der Waals surface area contributed by atoms with Crippen molar-refractivity contribution in [2.45, 2.75) is 65.2 Å². The van der Waals surface area contributed by atoms with Gasteiger partial charge in [0.05, 0.1) is 0 Å². The predicted octanol–water partition coefficient (Wildman–Crippen LogP) is 4.41. The smallest absolute Gasteiger partial charge is 0.0462 e. The average Bonchev–Trinajstić information content (AvgIpc) is 2.29. The molecule has 0 aromatic heterocycles. The van der Waals surface area contributed by atoms with Gasteiger partial charge in [0, 0.05) is 13.7 Å². The minimum absolute atomic E-state index is 0.951. The second-order valence-electron chi connectivity index (χ2n) is 3.99. The zero-order chi connectivity index (χ0) is 10.6. The molecule has 0 aliphatic heterocycles. The first-order valence-corrected chi connectivity index (χ1v) is 6.42. The van der Waals surface area contributed by atoms with Gasteiger partial charge < -0.3 is 4.74 Å². The highest BCUT2D eigenvalue weighted by atomic mass is 16.5. The molecule has 0 amide bonds. The zero-order valence-electron chi connectivity index (χ0n) is 10.3. The van der Waals surface area contributed by atoms with Crippen molar-refractivity contribution in [2.75, 3.05) is 13.7 Å². The first-order chi connectivity index (χ1) is 6.93. The van der Waals surface area contributed by atoms with Crippen LogP contribution in [0.25, 0.3) is 0 Å². The van der Waals surface area contributed by atoms with E-state index in [-0.39, 0.29) is 0 Å². The second kappa shape index (κ2) is 11.0. The molecule has 0 aromatic rings. The van der Waals surface area contributed by atoms with Crippen LogP contribution in [0.1, 0.15) is 65.2 Å². The third-order valence-corrected chi connectivity index (χ3v) is 2.94. The van der Waals surface area contributed by atoms with E-state index in [4.69, 9.17) is 4.74 Å². The van der Waals surface area contributed by atoms with Crippen molar-refractivity contribution in [2.24, 2.45) is 5.92 Å². The quantitative estimate of drug-likeness (QED) is 0.597. The van der Waals surface area contributed by atoms with E-state index in [2.05, 4.69) is 0 Å². The zero-order valence-corrected chi connectivity index (χ0v) is 10.3. The Labute approximate surface area is 90.2 Å². The molecule has 0 bridgehead atoms. The van der Waals surface area contributed by atoms with Crippen molar-refractivity contribution < 1.29 is 4.74 Å². The third kappa shape index (κ3) is 7.37. The fraction of sp³-hybridized carbons (Fsp3) is 1.00. The standard InChI is InChI=1S/C11H22O.C2H6/c1-12-10-6-5-9-11-7-3-2-4-8-11;1-2/h11H,2-10H2,1H3;1-2H3. The molecule has 0 atom stereocenters. The topological polar surface area (TPSA) is 9.23 Å². The van der Waals surface area contributed by atoms with Crippen molar-refractivity contribution in [3.63, 3.8) is 0 Å². The Hall–Kier alpha value is -0.0400. The predicted molar refractivity (Wildman–Crippen MR) is 63.7 cm³/mol. The summed E-state index contributed by atoms with van der Waals surface area (Å²) in [5, 5.41) is 0. The van der Waals surface area contributed by atoms with E-state index < -0.39 is 0 Å². The van der Waals surface area contributed by atoms with Crippen molar-refractivity contribution >= 4 is 0 Å². The molecule has 1 nitrogen and oxygen atoms in total. The molecule has 0 aromatic carbocycles. The summed E-state index contributed by atoms with van der Waals surface area (Å²) in [6.45, 7) is 4.95. The van der Waals surface area contributed by atoms with Crippen LogP contribution in [0.3, 0.4) is 0 Å². The van der Waals surface area contributed by atoms with E-state index in [1.165, 1.54) is 51.4 Å². The fourth-order valence-electron chi connectivity index (χ4n) is 2.16. The number of hydrogen-bond acceptors (Lipinski definition) is 1. The summed E-state index contributed by atoms with van der Waals surface area (Å²) in [5.41, 5.74) is 0. The highest BCUT2D eigenvalue weighted by Gasteiger charge is 2.12. The van der Waals surface area contributed by atoms with Gasteiger partial charge in [-0.15, -0.1) is 0 Å². The van der Waals surface area contributed by atoms with Crippen LogP contribution in [-0.4, -0.2) is 13.7 Å². The Morgan fingerprint density at radius 1 is 1.00 bits per heavy atom. The number of methoxy groups -OCH3 is 1. The molecule has 86 valence electrons. The van der Waals surface area contributed by atoms with Gasteiger partial charge in [0.2, 0.25) is 0 Å². The molecule has 1 heteroatoms. The summed E-state index contributed by atoms with van der Waals surface area (Å²) in [6.07, 6.45) is 11.5. The maximum absolute atomic E-state index is 5.03. The van der Waals surface area contributed by atoms with E-state index in [0.29, 0.717) is 0 Å². The monoisotopic (exact) mass is 200 g/mol. The molecule has 0 unspecified atom stereocenters. The first-order valence-electron chi connectivity index (χ1n) is 6.42. The van der Waals surface area contributed by atoms with Gasteiger partial charge in [-0.05, 0) is 12.3 Å². The summed E-state index contributed by atoms with van der Waals surface area (Å²) < 4.78 is 5.03. The summed E-state index contributed by atoms with van der Waals surface area (Å²) in [4.78, 5) is 0. The van der Waals surface area contributed by atoms with Crippen LogP contribution < -0.4 is 0 Å². The molecule has 14 heavy (non-hydrogen) atoms. The van der Waals surface area contributed by atoms with Crippen molar-refractivity contribution in [1.29, 1.82) is 0 Å². The van der Waals surface area contributed by atoms with Crippen LogP contribution in [0.4, 0.5) is 0 Å². The molecular formula is C13H28O. The molecule has 1 aliphatic carbocycles. The average molecular weight is 200 g/mol. The summed E-state index contributed by atoms with van der Waals surface area (Å²) in [5.74, 6) is 1.05. The van der Waals surface area contributed by atoms with Crippen molar-refractivity contribution in [3.05, 3.63) is 0 Å². The Bertz CT molecular complexity index is 95.4. The van der Waals surface area contributed by atoms with Crippen LogP contribution in [-0.2, 0) is 4.74 Å². The molecule has 0 saturated heterocycles. The summed E-state index contributed by atoms with van der Waals surface area (Å²) in [6, 6.07) is 0. The minimum atomic E-state index is 0.951. The summed E-state index contributed by atoms with van der Waals surface area (Å²) >= 11 is 0. The molecule has 1 aliphatic rings. The Balaban J connectivity index is 0.000000791. The molecular weight excluding hydrogens is 172 g/mol. The molecule has 0 radical (unpaired) electrons. The van der Waals surface area contributed by atoms with Crippen LogP contribution in [0.5, 0.6) is 0 Å². The van der Waals surface area contributed by atoms with Crippen molar-refractivity contribution in [3.8, 4) is 0 Å². The van der Waals surface area contributed by atoms with Crippen LogP contribution in [0.2, 0.25) is 0 Å². The van der Waals surface area contributed by atoms with Crippen LogP contribution in [0, 0.1) is 5.92 Å². The Morgan fingerprint density at radius 2 is 1.64 bits per heavy atom. The lowest BCUT2D eigenvalue weighted by Gasteiger charge is -2.21. The third-order valence-electron chi connectivity index (χ3n) is 2.94. The van der Waals surface area contributed by atoms with Gasteiger partial charge in [-0.1, -0.05) is 58.8 Å². The highest BCUT2D eigenvalue weighted by molar-refractivity contribution is 4.65. The van der Waals surface area contributed by atoms with Crippen LogP contribution >= 0.6 is 0 Å². The van der Waals surface area contributed by atoms with Crippen molar-refractivity contribution in [1.82, 2.24) is 0 Å². The van der Waals surface area contributed by atoms with Gasteiger partial charge in [0.25, 0.3) is 0 Å². The lowest BCUT2D eigenvalue weighted by atomic mass is 9.86. The lowest BCUT2D eigenvalue weighted by Crippen LogP contribution is -2.06. The van der Waals surface area contributed by atoms with E-state index in [9.17, 15) is 0 Å². The number of rotatable bonds is 5. The van der Waals surface area contributed by atoms with E-state index in [1.54, 1.807) is 7.11 Å². The maximum Gasteiger partial charge on any atom is 0.0462 e. The largest absolute Gasteiger partial charge is 0.385 e. The van der Waals surface area contributed by atoms with Crippen LogP contribution in [0.15, 0.2) is 0 Å². The SMILES string of the molecule is CC.COCCCCC1CCCCC1. The second-order valence-corrected chi connectivity index (χ2v) is 3.99. The van der Waals surface area contributed by atoms with Gasteiger partial charge in [-0.3, -0.25) is 0 Å². The number of ether oxygens (including phenoxy) is 1. The first kappa shape index (κ1) is 14.0. The summed E-state index contributed by atoms with van der Waals surface area (Å²) in [7, 11) is 1.79. The lowest BCUT2D eigenvalue weighted by molar-refractivity contribution is 0.188. The number of unbranched alkanes of at least 4 members (excludes halogenated alkanes) is 1. The normalized spacial score (nSPS) is 17.4. The molecule has 1 saturated carbocycles. The van der Waals surface area contributed by atoms with Gasteiger partial charge in [0.15, 0.2) is 0 Å². The van der Waals surface area contributed by atoms with E-state index in [1.807, 2.05) is 13.8 Å². The van der Waals surface area contributed by atoms with E-state index in [0.717, 1.165) is 12.5 Å². The molecule has 1 rings (SSSR count). The van der Waals surface area contributed by atoms with Gasteiger partial charge in [-0.2, -0.15) is 0 Å². The van der Waals surface area contributed by atoms with Gasteiger partial charge >= 0.3 is 0 Å². The van der Waals surface area contributed by atoms with Gasteiger partial charge in [0.1, 0.15) is 0 Å². The molecule has 1 fully saturated rings. The molecule has 0 N–H and O–H groups in total. The molecule has 0 spiro atoms.